The summed E-state index contributed by atoms with van der Waals surface area (Å²) in [7, 11) is -3.09. The van der Waals surface area contributed by atoms with Crippen LogP contribution < -0.4 is 103 Å². The molecule has 0 N–H and O–H groups in total. The van der Waals surface area contributed by atoms with E-state index in [-0.39, 0.29) is 127 Å². The summed E-state index contributed by atoms with van der Waals surface area (Å²) in [5, 5.41) is 0. The Morgan fingerprint density at radius 2 is 1.38 bits per heavy atom. The van der Waals surface area contributed by atoms with Crippen LogP contribution in [0.2, 0.25) is 11.6 Å². The second-order valence-electron chi connectivity index (χ2n) is 5.65. The van der Waals surface area contributed by atoms with Crippen LogP contribution >= 0.6 is 0 Å². The molecule has 2 fully saturated rings. The summed E-state index contributed by atoms with van der Waals surface area (Å²) in [5.74, 6) is -4.63. The molecule has 2 aliphatic rings. The summed E-state index contributed by atoms with van der Waals surface area (Å²) in [6.45, 7) is -1.17. The van der Waals surface area contributed by atoms with E-state index in [0.29, 0.717) is 6.42 Å². The zero-order valence-corrected chi connectivity index (χ0v) is 21.6. The van der Waals surface area contributed by atoms with E-state index in [1.165, 1.54) is 0 Å². The molecule has 0 saturated heterocycles. The van der Waals surface area contributed by atoms with Gasteiger partial charge in [0.25, 0.3) is 7.27 Å². The van der Waals surface area contributed by atoms with Crippen molar-refractivity contribution in [2.24, 2.45) is 11.8 Å². The first-order valence-corrected chi connectivity index (χ1v) is 7.62. The van der Waals surface area contributed by atoms with E-state index in [1.54, 1.807) is 13.8 Å². The Labute approximate surface area is 233 Å². The molecule has 4 atom stereocenters. The van der Waals surface area contributed by atoms with Crippen molar-refractivity contribution in [2.75, 3.05) is 13.2 Å². The van der Waals surface area contributed by atoms with Crippen LogP contribution in [0.15, 0.2) is 0 Å². The van der Waals surface area contributed by atoms with E-state index >= 15 is 0 Å². The van der Waals surface area contributed by atoms with Crippen LogP contribution in [0.4, 0.5) is 26.3 Å². The zero-order chi connectivity index (χ0) is 17.8. The fourth-order valence-electron chi connectivity index (χ4n) is 2.28. The molecule has 1 unspecified atom stereocenters. The predicted octanol–water partition coefficient (Wildman–Crippen LogP) is -2.95. The molecule has 2 rings (SSSR count). The molecule has 0 radical (unpaired) electrons. The Hall–Kier alpha value is 1.92. The maximum atomic E-state index is 11.9. The number of carbonyl (C=O) groups is 2. The number of hydrogen-bond donors (Lipinski definition) is 0. The van der Waals surface area contributed by atoms with Crippen molar-refractivity contribution in [1.29, 1.82) is 0 Å². The van der Waals surface area contributed by atoms with E-state index in [2.05, 4.69) is 9.47 Å². The molecule has 2 saturated carbocycles. The van der Waals surface area contributed by atoms with E-state index in [1.807, 2.05) is 0 Å². The maximum Gasteiger partial charge on any atom is 1.00 e. The fourth-order valence-corrected chi connectivity index (χ4v) is 2.28. The van der Waals surface area contributed by atoms with Crippen molar-refractivity contribution in [3.05, 3.63) is 0 Å². The molecule has 0 amide bonds. The van der Waals surface area contributed by atoms with Crippen molar-refractivity contribution < 1.29 is 148 Å². The molecular formula is C12H20B2F6K2O4. The number of ether oxygens (including phenoxy) is 2. The van der Waals surface area contributed by atoms with Crippen LogP contribution in [0.3, 0.4) is 0 Å². The SMILES string of the molecule is CCOC(=O)[C@@H]1C[C@@H]1[B-](F)(F)F.CCOC(=O)[C@H]1CC1[BH-](F)F.F.[K+].[K+]. The van der Waals surface area contributed by atoms with Gasteiger partial charge in [0.15, 0.2) is 0 Å². The number of halogens is 6. The third-order valence-corrected chi connectivity index (χ3v) is 3.82. The van der Waals surface area contributed by atoms with Gasteiger partial charge in [0.05, 0.1) is 13.2 Å². The van der Waals surface area contributed by atoms with Gasteiger partial charge in [-0.1, -0.05) is 24.5 Å². The summed E-state index contributed by atoms with van der Waals surface area (Å²) >= 11 is 0. The second kappa shape index (κ2) is 14.8. The molecule has 0 bridgehead atoms. The molecule has 0 aromatic heterocycles. The molecule has 0 aromatic carbocycles. The molecule has 14 heteroatoms. The minimum atomic E-state index is -4.84. The summed E-state index contributed by atoms with van der Waals surface area (Å²) in [6.07, 6.45) is 0.244. The third kappa shape index (κ3) is 11.2. The van der Waals surface area contributed by atoms with Gasteiger partial charge in [-0.25, -0.2) is 0 Å². The third-order valence-electron chi connectivity index (χ3n) is 3.82. The molecule has 26 heavy (non-hydrogen) atoms. The first-order chi connectivity index (χ1) is 10.6. The van der Waals surface area contributed by atoms with E-state index < -0.39 is 49.7 Å². The quantitative estimate of drug-likeness (QED) is 0.251. The summed E-state index contributed by atoms with van der Waals surface area (Å²) < 4.78 is 68.8. The van der Waals surface area contributed by atoms with Gasteiger partial charge in [-0.15, -0.1) is 0 Å². The number of carbonyl (C=O) groups excluding carboxylic acids is 2. The van der Waals surface area contributed by atoms with Gasteiger partial charge in [-0.2, -0.15) is 0 Å². The van der Waals surface area contributed by atoms with Crippen LogP contribution in [0.1, 0.15) is 26.7 Å². The molecule has 0 aromatic rings. The predicted molar refractivity (Wildman–Crippen MR) is 77.9 cm³/mol. The minimum Gasteiger partial charge on any atom is -0.481 e. The minimum absolute atomic E-state index is 0. The zero-order valence-electron chi connectivity index (χ0n) is 15.4. The van der Waals surface area contributed by atoms with E-state index in [4.69, 9.17) is 0 Å². The second-order valence-corrected chi connectivity index (χ2v) is 5.65. The standard InChI is InChI=1S/C6H9BF3O2.C6H10BF2O2.FH.2K/c1-2-12-6(11)4-3-5(4)7(8,9)10;1-2-11-6(10)4-3-5(4)7(8)9;;;/h4-5H,2-3H2,1H3;4-5,7H,2-3H2,1H3;1H;;/q2*-1;;2*+1/t4-,5+;4-,5?;;;/m10.../s1. The molecule has 142 valence electrons. The van der Waals surface area contributed by atoms with Crippen molar-refractivity contribution in [2.45, 2.75) is 38.3 Å². The van der Waals surface area contributed by atoms with E-state index in [0.717, 1.165) is 0 Å². The van der Waals surface area contributed by atoms with Crippen molar-refractivity contribution in [3.8, 4) is 0 Å². The molecule has 0 aliphatic heterocycles. The van der Waals surface area contributed by atoms with Gasteiger partial charge in [0, 0.05) is 11.8 Å². The van der Waals surface area contributed by atoms with Crippen LogP contribution in [-0.4, -0.2) is 39.4 Å². The Morgan fingerprint density at radius 3 is 1.65 bits per heavy atom. The summed E-state index contributed by atoms with van der Waals surface area (Å²) in [4.78, 5) is 21.5. The van der Waals surface area contributed by atoms with Crippen LogP contribution in [0.5, 0.6) is 0 Å². The Morgan fingerprint density at radius 1 is 0.962 bits per heavy atom. The van der Waals surface area contributed by atoms with Crippen LogP contribution in [0, 0.1) is 11.8 Å². The van der Waals surface area contributed by atoms with Gasteiger partial charge >= 0.3 is 122 Å². The van der Waals surface area contributed by atoms with E-state index in [9.17, 15) is 31.2 Å². The van der Waals surface area contributed by atoms with Crippen molar-refractivity contribution >= 4 is 26.2 Å². The Kier molecular flexibility index (Phi) is 18.6. The van der Waals surface area contributed by atoms with Gasteiger partial charge in [-0.3, -0.25) is 14.3 Å². The fraction of sp³-hybridized carbons (Fsp3) is 0.833. The first-order valence-electron chi connectivity index (χ1n) is 7.62. The molecule has 2 aliphatic carbocycles. The van der Waals surface area contributed by atoms with Gasteiger partial charge in [-0.05, 0) is 13.8 Å². The number of hydrogen-bond acceptors (Lipinski definition) is 4. The smallest absolute Gasteiger partial charge is 0.481 e. The molecular weight excluding hydrogens is 422 g/mol. The first kappa shape index (κ1) is 32.6. The Balaban J connectivity index is -0.000000366. The molecule has 0 spiro atoms. The monoisotopic (exact) mass is 442 g/mol. The van der Waals surface area contributed by atoms with Crippen molar-refractivity contribution in [1.82, 2.24) is 0 Å². The Bertz CT molecular complexity index is 444. The largest absolute Gasteiger partial charge is 1.00 e. The van der Waals surface area contributed by atoms with Gasteiger partial charge in [0.2, 0.25) is 0 Å². The number of rotatable bonds is 6. The molecule has 0 heterocycles. The summed E-state index contributed by atoms with van der Waals surface area (Å²) in [6, 6.07) is 0. The maximum absolute atomic E-state index is 11.9. The van der Waals surface area contributed by atoms with Gasteiger partial charge in [0.1, 0.15) is 0 Å². The van der Waals surface area contributed by atoms with Crippen LogP contribution in [-0.2, 0) is 19.1 Å². The normalized spacial score (nSPS) is 25.2. The summed E-state index contributed by atoms with van der Waals surface area (Å²) in [5.41, 5.74) is 0. The average molecular weight is 442 g/mol. The average Bonchev–Trinajstić information content (AvgIpc) is 3.30. The topological polar surface area (TPSA) is 52.6 Å². The molecule has 4 nitrogen and oxygen atoms in total. The van der Waals surface area contributed by atoms with Crippen LogP contribution in [0.25, 0.3) is 0 Å². The number of esters is 2. The van der Waals surface area contributed by atoms with Crippen molar-refractivity contribution in [3.63, 3.8) is 0 Å². The van der Waals surface area contributed by atoms with Gasteiger partial charge < -0.3 is 31.1 Å².